The number of ether oxygens (including phenoxy) is 1. The SMILES string of the molecule is COc1ccc2c(c1)sc1nnc(SCC(=O)O)n12. The van der Waals surface area contributed by atoms with Crippen molar-refractivity contribution in [1.82, 2.24) is 14.6 Å². The summed E-state index contributed by atoms with van der Waals surface area (Å²) in [5.41, 5.74) is 0.957. The maximum Gasteiger partial charge on any atom is 0.313 e. The van der Waals surface area contributed by atoms with E-state index >= 15 is 0 Å². The van der Waals surface area contributed by atoms with Gasteiger partial charge in [0.25, 0.3) is 0 Å². The molecule has 19 heavy (non-hydrogen) atoms. The molecule has 3 rings (SSSR count). The van der Waals surface area contributed by atoms with Crippen molar-refractivity contribution in [3.63, 3.8) is 0 Å². The summed E-state index contributed by atoms with van der Waals surface area (Å²) in [6.45, 7) is 0. The van der Waals surface area contributed by atoms with E-state index in [1.54, 1.807) is 7.11 Å². The van der Waals surface area contributed by atoms with Gasteiger partial charge in [-0.2, -0.15) is 0 Å². The van der Waals surface area contributed by atoms with E-state index in [-0.39, 0.29) is 5.75 Å². The Hall–Kier alpha value is -1.80. The fourth-order valence-corrected chi connectivity index (χ4v) is 3.45. The summed E-state index contributed by atoms with van der Waals surface area (Å²) in [6, 6.07) is 5.71. The van der Waals surface area contributed by atoms with Crippen molar-refractivity contribution < 1.29 is 14.6 Å². The number of thioether (sulfide) groups is 1. The van der Waals surface area contributed by atoms with Gasteiger partial charge >= 0.3 is 5.97 Å². The highest BCUT2D eigenvalue weighted by Gasteiger charge is 2.14. The summed E-state index contributed by atoms with van der Waals surface area (Å²) in [5.74, 6) is -0.124. The fourth-order valence-electron chi connectivity index (χ4n) is 1.73. The van der Waals surface area contributed by atoms with Crippen molar-refractivity contribution in [3.8, 4) is 5.75 Å². The number of aromatic nitrogens is 3. The zero-order valence-electron chi connectivity index (χ0n) is 9.86. The molecule has 0 unspecified atom stereocenters. The third-order valence-electron chi connectivity index (χ3n) is 2.54. The van der Waals surface area contributed by atoms with Crippen LogP contribution in [0, 0.1) is 0 Å². The molecule has 0 bridgehead atoms. The van der Waals surface area contributed by atoms with Crippen LogP contribution in [0.5, 0.6) is 5.75 Å². The molecule has 0 aliphatic rings. The highest BCUT2D eigenvalue weighted by Crippen LogP contribution is 2.31. The quantitative estimate of drug-likeness (QED) is 0.743. The number of nitrogens with zero attached hydrogens (tertiary/aromatic N) is 3. The molecule has 0 aliphatic heterocycles. The first-order valence-corrected chi connectivity index (χ1v) is 7.15. The lowest BCUT2D eigenvalue weighted by molar-refractivity contribution is -0.133. The number of fused-ring (bicyclic) bond motifs is 3. The summed E-state index contributed by atoms with van der Waals surface area (Å²) in [7, 11) is 1.62. The predicted octanol–water partition coefficient (Wildman–Crippen LogP) is 2.13. The Bertz CT molecular complexity index is 765. The van der Waals surface area contributed by atoms with Gasteiger partial charge < -0.3 is 9.84 Å². The Morgan fingerprint density at radius 3 is 3.11 bits per heavy atom. The molecule has 0 fully saturated rings. The molecule has 2 aromatic heterocycles. The van der Waals surface area contributed by atoms with Gasteiger partial charge in [0.1, 0.15) is 5.75 Å². The van der Waals surface area contributed by atoms with Crippen LogP contribution in [-0.4, -0.2) is 38.5 Å². The van der Waals surface area contributed by atoms with Crippen LogP contribution in [-0.2, 0) is 4.79 Å². The zero-order valence-corrected chi connectivity index (χ0v) is 11.5. The summed E-state index contributed by atoms with van der Waals surface area (Å²) >= 11 is 2.65. The average Bonchev–Trinajstić information content (AvgIpc) is 2.94. The molecule has 3 aromatic rings. The van der Waals surface area contributed by atoms with Crippen LogP contribution in [0.15, 0.2) is 23.4 Å². The van der Waals surface area contributed by atoms with E-state index in [1.807, 2.05) is 22.6 Å². The number of aliphatic carboxylic acids is 1. The molecule has 6 nitrogen and oxygen atoms in total. The maximum absolute atomic E-state index is 10.6. The maximum atomic E-state index is 10.6. The number of thiazole rings is 1. The molecule has 1 N–H and O–H groups in total. The highest BCUT2D eigenvalue weighted by atomic mass is 32.2. The summed E-state index contributed by atoms with van der Waals surface area (Å²) in [5, 5.41) is 17.4. The third kappa shape index (κ3) is 2.13. The molecular weight excluding hydrogens is 286 g/mol. The second kappa shape index (κ2) is 4.71. The lowest BCUT2D eigenvalue weighted by Gasteiger charge is -1.99. The van der Waals surface area contributed by atoms with Crippen LogP contribution in [0.4, 0.5) is 0 Å². The van der Waals surface area contributed by atoms with E-state index in [1.165, 1.54) is 11.3 Å². The molecule has 0 saturated heterocycles. The van der Waals surface area contributed by atoms with Crippen LogP contribution in [0.1, 0.15) is 0 Å². The molecule has 1 aromatic carbocycles. The lowest BCUT2D eigenvalue weighted by atomic mass is 10.3. The van der Waals surface area contributed by atoms with E-state index in [4.69, 9.17) is 9.84 Å². The monoisotopic (exact) mass is 295 g/mol. The summed E-state index contributed by atoms with van der Waals surface area (Å²) in [4.78, 5) is 11.4. The van der Waals surface area contributed by atoms with E-state index in [2.05, 4.69) is 10.2 Å². The van der Waals surface area contributed by atoms with Crippen molar-refractivity contribution in [2.24, 2.45) is 0 Å². The molecule has 0 amide bonds. The number of carboxylic acid groups (broad SMARTS) is 1. The van der Waals surface area contributed by atoms with Crippen molar-refractivity contribution in [2.75, 3.05) is 12.9 Å². The number of methoxy groups -OCH3 is 1. The number of benzene rings is 1. The minimum Gasteiger partial charge on any atom is -0.497 e. The molecule has 0 saturated carbocycles. The number of hydrogen-bond donors (Lipinski definition) is 1. The van der Waals surface area contributed by atoms with Gasteiger partial charge in [-0.15, -0.1) is 10.2 Å². The molecule has 0 aliphatic carbocycles. The number of hydrogen-bond acceptors (Lipinski definition) is 6. The zero-order chi connectivity index (χ0) is 13.4. The minimum absolute atomic E-state index is 0.0334. The molecule has 0 spiro atoms. The van der Waals surface area contributed by atoms with Gasteiger partial charge in [0.05, 0.1) is 23.1 Å². The van der Waals surface area contributed by atoms with Crippen LogP contribution in [0.25, 0.3) is 15.2 Å². The topological polar surface area (TPSA) is 76.7 Å². The average molecular weight is 295 g/mol. The predicted molar refractivity (Wildman–Crippen MR) is 73.3 cm³/mol. The van der Waals surface area contributed by atoms with E-state index in [0.717, 1.165) is 32.7 Å². The molecule has 0 atom stereocenters. The van der Waals surface area contributed by atoms with Gasteiger partial charge in [-0.1, -0.05) is 23.1 Å². The van der Waals surface area contributed by atoms with Crippen LogP contribution >= 0.6 is 23.1 Å². The summed E-state index contributed by atoms with van der Waals surface area (Å²) in [6.07, 6.45) is 0. The Morgan fingerprint density at radius 2 is 2.37 bits per heavy atom. The number of rotatable bonds is 4. The van der Waals surface area contributed by atoms with Crippen LogP contribution in [0.2, 0.25) is 0 Å². The van der Waals surface area contributed by atoms with Crippen molar-refractivity contribution >= 4 is 44.2 Å². The van der Waals surface area contributed by atoms with E-state index < -0.39 is 5.97 Å². The van der Waals surface area contributed by atoms with Crippen molar-refractivity contribution in [3.05, 3.63) is 18.2 Å². The third-order valence-corrected chi connectivity index (χ3v) is 4.44. The van der Waals surface area contributed by atoms with Crippen LogP contribution < -0.4 is 4.74 Å². The van der Waals surface area contributed by atoms with E-state index in [9.17, 15) is 4.79 Å². The minimum atomic E-state index is -0.872. The first-order valence-electron chi connectivity index (χ1n) is 5.35. The fraction of sp³-hybridized carbons (Fsp3) is 0.182. The van der Waals surface area contributed by atoms with Crippen LogP contribution in [0.3, 0.4) is 0 Å². The van der Waals surface area contributed by atoms with Gasteiger partial charge in [0.2, 0.25) is 4.96 Å². The van der Waals surface area contributed by atoms with E-state index in [0.29, 0.717) is 5.16 Å². The lowest BCUT2D eigenvalue weighted by Crippen LogP contribution is -1.99. The first-order chi connectivity index (χ1) is 9.19. The molecule has 2 heterocycles. The van der Waals surface area contributed by atoms with Crippen molar-refractivity contribution in [1.29, 1.82) is 0 Å². The van der Waals surface area contributed by atoms with Gasteiger partial charge in [0.15, 0.2) is 5.16 Å². The Morgan fingerprint density at radius 1 is 1.53 bits per heavy atom. The second-order valence-corrected chi connectivity index (χ2v) is 5.67. The number of carboxylic acids is 1. The highest BCUT2D eigenvalue weighted by molar-refractivity contribution is 7.99. The van der Waals surface area contributed by atoms with Gasteiger partial charge in [-0.25, -0.2) is 0 Å². The molecule has 98 valence electrons. The molecule has 0 radical (unpaired) electrons. The molecule has 8 heteroatoms. The van der Waals surface area contributed by atoms with Gasteiger partial charge in [0, 0.05) is 0 Å². The normalized spacial score (nSPS) is 11.2. The Labute approximate surface area is 116 Å². The first kappa shape index (κ1) is 12.2. The standard InChI is InChI=1S/C11H9N3O3S2/c1-17-6-2-3-7-8(4-6)19-11-13-12-10(14(7)11)18-5-9(15)16/h2-4H,5H2,1H3,(H,15,16). The summed E-state index contributed by atoms with van der Waals surface area (Å²) < 4.78 is 8.08. The molecular formula is C11H9N3O3S2. The van der Waals surface area contributed by atoms with Gasteiger partial charge in [-0.05, 0) is 18.2 Å². The largest absolute Gasteiger partial charge is 0.497 e. The second-order valence-electron chi connectivity index (χ2n) is 3.72. The van der Waals surface area contributed by atoms with Crippen molar-refractivity contribution in [2.45, 2.75) is 5.16 Å². The Balaban J connectivity index is 2.12. The number of carbonyl (C=O) groups is 1. The smallest absolute Gasteiger partial charge is 0.313 e. The Kier molecular flexibility index (Phi) is 3.03. The van der Waals surface area contributed by atoms with Gasteiger partial charge in [-0.3, -0.25) is 9.20 Å².